The molecule has 1 amide bonds. The van der Waals surface area contributed by atoms with Crippen LogP contribution in [0.1, 0.15) is 31.2 Å². The van der Waals surface area contributed by atoms with Crippen molar-refractivity contribution in [2.75, 3.05) is 26.2 Å². The number of halogens is 1. The predicted octanol–water partition coefficient (Wildman–Crippen LogP) is 2.71. The maximum Gasteiger partial charge on any atom is 0.239 e. The molecule has 4 rings (SSSR count). The highest BCUT2D eigenvalue weighted by molar-refractivity contribution is 6.30. The Balaban J connectivity index is 1.40. The second-order valence-corrected chi connectivity index (χ2v) is 9.32. The van der Waals surface area contributed by atoms with Gasteiger partial charge in [0.25, 0.3) is 0 Å². The number of nitrogens with one attached hydrogen (secondary N) is 1. The van der Waals surface area contributed by atoms with Crippen LogP contribution >= 0.6 is 11.6 Å². The van der Waals surface area contributed by atoms with Crippen molar-refractivity contribution in [2.45, 2.75) is 44.7 Å². The topological polar surface area (TPSA) is 76.2 Å². The number of carbonyl (C=O) groups excluding carboxylic acids is 1. The summed E-state index contributed by atoms with van der Waals surface area (Å²) in [5.41, 5.74) is 7.56. The molecule has 2 aliphatic rings. The molecule has 0 radical (unpaired) electrons. The molecule has 1 aromatic heterocycles. The van der Waals surface area contributed by atoms with Crippen molar-refractivity contribution in [3.05, 3.63) is 53.6 Å². The minimum Gasteiger partial charge on any atom is -0.341 e. The highest BCUT2D eigenvalue weighted by Crippen LogP contribution is 2.44. The van der Waals surface area contributed by atoms with Crippen molar-refractivity contribution in [1.29, 1.82) is 0 Å². The van der Waals surface area contributed by atoms with Crippen LogP contribution in [0.15, 0.2) is 43.0 Å². The van der Waals surface area contributed by atoms with Crippen LogP contribution in [0.25, 0.3) is 0 Å². The van der Waals surface area contributed by atoms with Crippen LogP contribution in [-0.4, -0.2) is 52.6 Å². The number of imidazole rings is 1. The van der Waals surface area contributed by atoms with Gasteiger partial charge in [-0.15, -0.1) is 0 Å². The number of rotatable bonds is 6. The number of hydrogen-bond donors (Lipinski definition) is 2. The molecule has 0 saturated carbocycles. The molecule has 0 bridgehead atoms. The third-order valence-corrected chi connectivity index (χ3v) is 7.27. The third kappa shape index (κ3) is 4.88. The predicted molar refractivity (Wildman–Crippen MR) is 119 cm³/mol. The lowest BCUT2D eigenvalue weighted by Crippen LogP contribution is -2.53. The number of carbonyl (C=O) groups is 1. The lowest BCUT2D eigenvalue weighted by molar-refractivity contribution is -0.136. The minimum absolute atomic E-state index is 0.0616. The van der Waals surface area contributed by atoms with Crippen LogP contribution < -0.4 is 11.1 Å². The van der Waals surface area contributed by atoms with E-state index in [0.29, 0.717) is 17.4 Å². The van der Waals surface area contributed by atoms with E-state index < -0.39 is 6.04 Å². The monoisotopic (exact) mass is 429 g/mol. The van der Waals surface area contributed by atoms with E-state index in [1.54, 1.807) is 0 Å². The molecule has 162 valence electrons. The Bertz CT molecular complexity index is 809. The van der Waals surface area contributed by atoms with Crippen LogP contribution in [-0.2, 0) is 17.8 Å². The molecule has 0 spiro atoms. The summed E-state index contributed by atoms with van der Waals surface area (Å²) in [4.78, 5) is 19.2. The fraction of sp³-hybridized carbons (Fsp3) is 0.565. The number of hydrogen-bond acceptors (Lipinski definition) is 4. The summed E-state index contributed by atoms with van der Waals surface area (Å²) >= 11 is 5.96. The molecule has 2 aromatic rings. The van der Waals surface area contributed by atoms with Gasteiger partial charge in [-0.1, -0.05) is 23.7 Å². The van der Waals surface area contributed by atoms with Gasteiger partial charge in [0.15, 0.2) is 0 Å². The third-order valence-electron chi connectivity index (χ3n) is 7.02. The average Bonchev–Trinajstić information content (AvgIpc) is 3.29. The van der Waals surface area contributed by atoms with Gasteiger partial charge in [0.05, 0.1) is 12.4 Å². The van der Waals surface area contributed by atoms with Crippen LogP contribution in [0.2, 0.25) is 5.02 Å². The SMILES string of the molecule is NC(Cc1ccc(Cl)cc1)C(=O)N1CCC(Cn2ccnc2)(C2CCNCC2)CC1. The first kappa shape index (κ1) is 21.3. The Morgan fingerprint density at radius 1 is 1.23 bits per heavy atom. The second-order valence-electron chi connectivity index (χ2n) is 8.88. The van der Waals surface area contributed by atoms with E-state index in [0.717, 1.165) is 51.1 Å². The molecule has 3 heterocycles. The van der Waals surface area contributed by atoms with Crippen molar-refractivity contribution in [3.8, 4) is 0 Å². The molecule has 1 aromatic carbocycles. The smallest absolute Gasteiger partial charge is 0.239 e. The fourth-order valence-electron chi connectivity index (χ4n) is 5.24. The van der Waals surface area contributed by atoms with Crippen molar-refractivity contribution in [3.63, 3.8) is 0 Å². The molecule has 2 fully saturated rings. The number of nitrogens with zero attached hydrogens (tertiary/aromatic N) is 3. The second kappa shape index (κ2) is 9.50. The van der Waals surface area contributed by atoms with Gasteiger partial charge in [-0.3, -0.25) is 4.79 Å². The zero-order chi connectivity index (χ0) is 21.0. The number of amides is 1. The highest BCUT2D eigenvalue weighted by Gasteiger charge is 2.43. The maximum absolute atomic E-state index is 13.0. The zero-order valence-electron chi connectivity index (χ0n) is 17.5. The first-order chi connectivity index (χ1) is 14.6. The van der Waals surface area contributed by atoms with Gasteiger partial charge in [-0.2, -0.15) is 0 Å². The molecule has 1 unspecified atom stereocenters. The van der Waals surface area contributed by atoms with Crippen molar-refractivity contribution in [1.82, 2.24) is 19.8 Å². The molecular formula is C23H32ClN5O. The van der Waals surface area contributed by atoms with E-state index in [-0.39, 0.29) is 11.3 Å². The molecular weight excluding hydrogens is 398 g/mol. The van der Waals surface area contributed by atoms with Crippen LogP contribution in [0, 0.1) is 11.3 Å². The summed E-state index contributed by atoms with van der Waals surface area (Å²) in [6, 6.07) is 7.07. The quantitative estimate of drug-likeness (QED) is 0.740. The van der Waals surface area contributed by atoms with Gasteiger partial charge in [-0.05, 0) is 74.2 Å². The lowest BCUT2D eigenvalue weighted by Gasteiger charge is -2.48. The van der Waals surface area contributed by atoms with Crippen molar-refractivity contribution < 1.29 is 4.79 Å². The normalized spacial score (nSPS) is 20.8. The first-order valence-electron chi connectivity index (χ1n) is 11.0. The van der Waals surface area contributed by atoms with Gasteiger partial charge in [-0.25, -0.2) is 4.98 Å². The van der Waals surface area contributed by atoms with Gasteiger partial charge >= 0.3 is 0 Å². The molecule has 1 atom stereocenters. The van der Waals surface area contributed by atoms with Gasteiger partial charge < -0.3 is 20.5 Å². The summed E-state index contributed by atoms with van der Waals surface area (Å²) in [7, 11) is 0. The van der Waals surface area contributed by atoms with E-state index in [1.165, 1.54) is 12.8 Å². The number of nitrogens with two attached hydrogens (primary N) is 1. The van der Waals surface area contributed by atoms with E-state index in [1.807, 2.05) is 41.7 Å². The van der Waals surface area contributed by atoms with E-state index in [2.05, 4.69) is 21.1 Å². The molecule has 3 N–H and O–H groups in total. The molecule has 6 nitrogen and oxygen atoms in total. The van der Waals surface area contributed by atoms with Crippen molar-refractivity contribution >= 4 is 17.5 Å². The van der Waals surface area contributed by atoms with Crippen molar-refractivity contribution in [2.24, 2.45) is 17.1 Å². The fourth-order valence-corrected chi connectivity index (χ4v) is 5.37. The number of benzene rings is 1. The summed E-state index contributed by atoms with van der Waals surface area (Å²) in [5.74, 6) is 0.743. The number of likely N-dealkylation sites (tertiary alicyclic amines) is 1. The van der Waals surface area contributed by atoms with Crippen LogP contribution in [0.5, 0.6) is 0 Å². The number of aromatic nitrogens is 2. The summed E-state index contributed by atoms with van der Waals surface area (Å²) in [6.45, 7) is 4.73. The highest BCUT2D eigenvalue weighted by atomic mass is 35.5. The lowest BCUT2D eigenvalue weighted by atomic mass is 9.65. The maximum atomic E-state index is 13.0. The van der Waals surface area contributed by atoms with Crippen LogP contribution in [0.3, 0.4) is 0 Å². The molecule has 2 saturated heterocycles. The molecule has 2 aliphatic heterocycles. The Morgan fingerprint density at radius 2 is 1.93 bits per heavy atom. The minimum atomic E-state index is -0.508. The van der Waals surface area contributed by atoms with E-state index in [4.69, 9.17) is 17.3 Å². The zero-order valence-corrected chi connectivity index (χ0v) is 18.2. The van der Waals surface area contributed by atoms with Crippen LogP contribution in [0.4, 0.5) is 0 Å². The molecule has 30 heavy (non-hydrogen) atoms. The molecule has 0 aliphatic carbocycles. The van der Waals surface area contributed by atoms with Gasteiger partial charge in [0.1, 0.15) is 0 Å². The van der Waals surface area contributed by atoms with E-state index >= 15 is 0 Å². The Morgan fingerprint density at radius 3 is 2.57 bits per heavy atom. The first-order valence-corrected chi connectivity index (χ1v) is 11.4. The standard InChI is InChI=1S/C23H32ClN5O/c24-20-3-1-18(2-4-20)15-21(25)22(30)29-12-7-23(8-13-29,16-28-14-11-27-17-28)19-5-9-26-10-6-19/h1-4,11,14,17,19,21,26H,5-10,12-13,15-16,25H2. The Labute approximate surface area is 183 Å². The summed E-state index contributed by atoms with van der Waals surface area (Å²) in [6.07, 6.45) is 10.8. The number of piperidine rings is 2. The van der Waals surface area contributed by atoms with Gasteiger partial charge in [0, 0.05) is 37.1 Å². The Hall–Kier alpha value is -1.89. The molecule has 7 heteroatoms. The largest absolute Gasteiger partial charge is 0.341 e. The summed E-state index contributed by atoms with van der Waals surface area (Å²) < 4.78 is 2.21. The Kier molecular flexibility index (Phi) is 6.76. The average molecular weight is 430 g/mol. The van der Waals surface area contributed by atoms with E-state index in [9.17, 15) is 4.79 Å². The summed E-state index contributed by atoms with van der Waals surface area (Å²) in [5, 5.41) is 4.19. The van der Waals surface area contributed by atoms with Gasteiger partial charge in [0.2, 0.25) is 5.91 Å².